The molecule has 0 aliphatic heterocycles. The van der Waals surface area contributed by atoms with Gasteiger partial charge < -0.3 is 10.1 Å². The molecular formula is C16H22N2O3. The highest BCUT2D eigenvalue weighted by Gasteiger charge is 2.14. The summed E-state index contributed by atoms with van der Waals surface area (Å²) < 4.78 is 1.67. The summed E-state index contributed by atoms with van der Waals surface area (Å²) in [6.45, 7) is 4.92. The predicted molar refractivity (Wildman–Crippen MR) is 82.8 cm³/mol. The number of nitrogens with one attached hydrogen (secondary N) is 1. The van der Waals surface area contributed by atoms with Crippen LogP contribution in [0.3, 0.4) is 0 Å². The molecule has 0 aliphatic rings. The highest BCUT2D eigenvalue weighted by atomic mass is 16.4. The lowest BCUT2D eigenvalue weighted by atomic mass is 9.99. The Morgan fingerprint density at radius 3 is 2.76 bits per heavy atom. The van der Waals surface area contributed by atoms with Gasteiger partial charge in [0.15, 0.2) is 0 Å². The third-order valence-corrected chi connectivity index (χ3v) is 4.01. The van der Waals surface area contributed by atoms with Crippen LogP contribution in [-0.4, -0.2) is 20.6 Å². The zero-order valence-electron chi connectivity index (χ0n) is 12.6. The highest BCUT2D eigenvalue weighted by Crippen LogP contribution is 2.18. The molecule has 1 heterocycles. The van der Waals surface area contributed by atoms with E-state index in [0.29, 0.717) is 23.5 Å². The Balaban J connectivity index is 2.37. The number of imidazole rings is 1. The molecule has 0 spiro atoms. The van der Waals surface area contributed by atoms with Gasteiger partial charge in [-0.1, -0.05) is 33.1 Å². The quantitative estimate of drug-likeness (QED) is 0.822. The van der Waals surface area contributed by atoms with Crippen molar-refractivity contribution in [1.82, 2.24) is 9.55 Å². The first-order chi connectivity index (χ1) is 10.1. The van der Waals surface area contributed by atoms with Crippen molar-refractivity contribution >= 4 is 17.0 Å². The van der Waals surface area contributed by atoms with Crippen LogP contribution in [0.15, 0.2) is 23.0 Å². The average Bonchev–Trinajstić information content (AvgIpc) is 2.78. The van der Waals surface area contributed by atoms with Crippen LogP contribution in [0.5, 0.6) is 0 Å². The Kier molecular flexibility index (Phi) is 4.83. The number of nitrogens with zero attached hydrogens (tertiary/aromatic N) is 1. The van der Waals surface area contributed by atoms with E-state index < -0.39 is 5.97 Å². The van der Waals surface area contributed by atoms with Crippen molar-refractivity contribution in [3.63, 3.8) is 0 Å². The molecule has 5 heteroatoms. The number of hydrogen-bond donors (Lipinski definition) is 2. The zero-order valence-corrected chi connectivity index (χ0v) is 12.6. The van der Waals surface area contributed by atoms with E-state index >= 15 is 0 Å². The van der Waals surface area contributed by atoms with Crippen molar-refractivity contribution in [2.45, 2.75) is 46.1 Å². The molecule has 2 N–H and O–H groups in total. The Morgan fingerprint density at radius 2 is 2.14 bits per heavy atom. The fourth-order valence-electron chi connectivity index (χ4n) is 2.64. The molecular weight excluding hydrogens is 268 g/mol. The number of carbonyl (C=O) groups is 1. The monoisotopic (exact) mass is 290 g/mol. The Hall–Kier alpha value is -2.04. The molecule has 0 aliphatic carbocycles. The van der Waals surface area contributed by atoms with Gasteiger partial charge in [0.25, 0.3) is 0 Å². The lowest BCUT2D eigenvalue weighted by molar-refractivity contribution is 0.0697. The number of rotatable bonds is 7. The lowest BCUT2D eigenvalue weighted by Gasteiger charge is -2.15. The maximum absolute atomic E-state index is 12.1. The van der Waals surface area contributed by atoms with E-state index in [9.17, 15) is 9.59 Å². The number of unbranched alkanes of at least 4 members (excludes halogenated alkanes) is 1. The van der Waals surface area contributed by atoms with Crippen LogP contribution in [0.25, 0.3) is 11.0 Å². The number of hydrogen-bond acceptors (Lipinski definition) is 2. The SMILES string of the molecule is CCCCC(CC)Cn1c(=O)[nH]c2ccc(C(=O)O)cc21. The van der Waals surface area contributed by atoms with E-state index in [-0.39, 0.29) is 11.3 Å². The van der Waals surface area contributed by atoms with E-state index in [2.05, 4.69) is 18.8 Å². The van der Waals surface area contributed by atoms with Crippen LogP contribution in [0, 0.1) is 5.92 Å². The molecule has 0 saturated heterocycles. The van der Waals surface area contributed by atoms with Crippen molar-refractivity contribution in [3.8, 4) is 0 Å². The topological polar surface area (TPSA) is 75.1 Å². The number of fused-ring (bicyclic) bond motifs is 1. The molecule has 0 bridgehead atoms. The third kappa shape index (κ3) is 3.35. The highest BCUT2D eigenvalue weighted by molar-refractivity contribution is 5.92. The van der Waals surface area contributed by atoms with Crippen molar-refractivity contribution in [1.29, 1.82) is 0 Å². The number of carboxylic acid groups (broad SMARTS) is 1. The molecule has 21 heavy (non-hydrogen) atoms. The zero-order chi connectivity index (χ0) is 15.4. The normalized spacial score (nSPS) is 12.7. The van der Waals surface area contributed by atoms with Gasteiger partial charge >= 0.3 is 11.7 Å². The fourth-order valence-corrected chi connectivity index (χ4v) is 2.64. The summed E-state index contributed by atoms with van der Waals surface area (Å²) in [5.41, 5.74) is 1.41. The van der Waals surface area contributed by atoms with Gasteiger partial charge in [-0.05, 0) is 30.5 Å². The minimum atomic E-state index is -0.977. The smallest absolute Gasteiger partial charge is 0.335 e. The molecule has 1 aromatic carbocycles. The first kappa shape index (κ1) is 15.4. The number of benzene rings is 1. The van der Waals surface area contributed by atoms with E-state index in [0.717, 1.165) is 25.7 Å². The number of aromatic amines is 1. The predicted octanol–water partition coefficient (Wildman–Crippen LogP) is 3.24. The molecule has 1 aromatic heterocycles. The summed E-state index contributed by atoms with van der Waals surface area (Å²) in [7, 11) is 0. The molecule has 0 radical (unpaired) electrons. The molecule has 0 amide bonds. The van der Waals surface area contributed by atoms with E-state index in [4.69, 9.17) is 5.11 Å². The average molecular weight is 290 g/mol. The van der Waals surface area contributed by atoms with Crippen molar-refractivity contribution in [3.05, 3.63) is 34.2 Å². The maximum Gasteiger partial charge on any atom is 0.335 e. The van der Waals surface area contributed by atoms with Crippen molar-refractivity contribution in [2.24, 2.45) is 5.92 Å². The van der Waals surface area contributed by atoms with Crippen LogP contribution in [0.2, 0.25) is 0 Å². The molecule has 1 atom stereocenters. The number of aromatic nitrogens is 2. The van der Waals surface area contributed by atoms with Crippen LogP contribution in [0.4, 0.5) is 0 Å². The van der Waals surface area contributed by atoms with Gasteiger partial charge in [0, 0.05) is 6.54 Å². The first-order valence-electron chi connectivity index (χ1n) is 7.52. The van der Waals surface area contributed by atoms with Crippen LogP contribution >= 0.6 is 0 Å². The van der Waals surface area contributed by atoms with E-state index in [1.165, 1.54) is 6.07 Å². The summed E-state index contributed by atoms with van der Waals surface area (Å²) in [5.74, 6) is -0.537. The van der Waals surface area contributed by atoms with Crippen LogP contribution in [-0.2, 0) is 6.54 Å². The van der Waals surface area contributed by atoms with Gasteiger partial charge in [0.05, 0.1) is 16.6 Å². The minimum Gasteiger partial charge on any atom is -0.478 e. The molecule has 0 saturated carbocycles. The molecule has 0 fully saturated rings. The fraction of sp³-hybridized carbons (Fsp3) is 0.500. The van der Waals surface area contributed by atoms with Crippen LogP contribution in [0.1, 0.15) is 49.9 Å². The second-order valence-corrected chi connectivity index (χ2v) is 5.49. The molecule has 2 aromatic rings. The van der Waals surface area contributed by atoms with Crippen LogP contribution < -0.4 is 5.69 Å². The molecule has 5 nitrogen and oxygen atoms in total. The van der Waals surface area contributed by atoms with Gasteiger partial charge in [0.1, 0.15) is 0 Å². The molecule has 1 unspecified atom stereocenters. The van der Waals surface area contributed by atoms with Crippen molar-refractivity contribution < 1.29 is 9.90 Å². The number of H-pyrrole nitrogens is 1. The summed E-state index contributed by atoms with van der Waals surface area (Å²) in [4.78, 5) is 26.0. The molecule has 114 valence electrons. The Morgan fingerprint density at radius 1 is 1.38 bits per heavy atom. The van der Waals surface area contributed by atoms with Gasteiger partial charge in [-0.25, -0.2) is 9.59 Å². The van der Waals surface area contributed by atoms with Gasteiger partial charge in [-0.15, -0.1) is 0 Å². The van der Waals surface area contributed by atoms with Crippen molar-refractivity contribution in [2.75, 3.05) is 0 Å². The standard InChI is InChI=1S/C16H22N2O3/c1-3-5-6-11(4-2)10-18-14-9-12(15(19)20)7-8-13(14)17-16(18)21/h7-9,11H,3-6,10H2,1-2H3,(H,17,21)(H,19,20). The summed E-state index contributed by atoms with van der Waals surface area (Å²) in [6.07, 6.45) is 4.39. The summed E-state index contributed by atoms with van der Waals surface area (Å²) >= 11 is 0. The number of aromatic carboxylic acids is 1. The second kappa shape index (κ2) is 6.61. The maximum atomic E-state index is 12.1. The van der Waals surface area contributed by atoms with Gasteiger partial charge in [-0.3, -0.25) is 4.57 Å². The van der Waals surface area contributed by atoms with E-state index in [1.807, 2.05) is 0 Å². The van der Waals surface area contributed by atoms with Gasteiger partial charge in [-0.2, -0.15) is 0 Å². The Bertz CT molecular complexity index is 684. The largest absolute Gasteiger partial charge is 0.478 e. The summed E-state index contributed by atoms with van der Waals surface area (Å²) in [6, 6.07) is 4.74. The summed E-state index contributed by atoms with van der Waals surface area (Å²) in [5, 5.41) is 9.09. The van der Waals surface area contributed by atoms with Gasteiger partial charge in [0.2, 0.25) is 0 Å². The Labute approximate surface area is 123 Å². The lowest BCUT2D eigenvalue weighted by Crippen LogP contribution is -2.21. The number of carboxylic acids is 1. The second-order valence-electron chi connectivity index (χ2n) is 5.49. The third-order valence-electron chi connectivity index (χ3n) is 4.01. The van der Waals surface area contributed by atoms with E-state index in [1.54, 1.807) is 16.7 Å². The first-order valence-corrected chi connectivity index (χ1v) is 7.52. The minimum absolute atomic E-state index is 0.164. The molecule has 2 rings (SSSR count).